The summed E-state index contributed by atoms with van der Waals surface area (Å²) >= 11 is 0. The quantitative estimate of drug-likeness (QED) is 0.0336. The summed E-state index contributed by atoms with van der Waals surface area (Å²) in [5.74, 6) is -6.78. The molecule has 11 amide bonds. The first kappa shape index (κ1) is 80.7. The lowest BCUT2D eigenvalue weighted by Gasteiger charge is -2.41. The van der Waals surface area contributed by atoms with Gasteiger partial charge in [0.2, 0.25) is 47.3 Å². The Morgan fingerprint density at radius 3 is 1.86 bits per heavy atom. The molecule has 96 heavy (non-hydrogen) atoms. The third-order valence-corrected chi connectivity index (χ3v) is 18.4. The Hall–Kier alpha value is -7.75. The molecule has 4 rings (SSSR count). The molecule has 2 aliphatic rings. The van der Waals surface area contributed by atoms with Crippen molar-refractivity contribution >= 4 is 70.9 Å². The van der Waals surface area contributed by atoms with Gasteiger partial charge in [0, 0.05) is 72.4 Å². The van der Waals surface area contributed by atoms with E-state index in [0.29, 0.717) is 63.0 Å². The minimum Gasteiger partial charge on any atom is -0.481 e. The fraction of sp³-hybridized carbons (Fsp3) is 0.667. The molecule has 2 fully saturated rings. The summed E-state index contributed by atoms with van der Waals surface area (Å²) in [4.78, 5) is 160. The van der Waals surface area contributed by atoms with Gasteiger partial charge in [0.05, 0.1) is 55.2 Å². The molecule has 2 saturated heterocycles. The molecule has 0 spiro atoms. The fourth-order valence-electron chi connectivity index (χ4n) is 12.7. The van der Waals surface area contributed by atoms with E-state index in [0.717, 1.165) is 5.56 Å². The van der Waals surface area contributed by atoms with Gasteiger partial charge in [-0.3, -0.25) is 57.7 Å². The molecule has 0 aliphatic carbocycles. The number of likely N-dealkylation sites (tertiary alicyclic amines) is 2. The molecular formula is C69H110N12O15. The molecule has 0 saturated carbocycles. The zero-order chi connectivity index (χ0) is 71.5. The number of nitrogens with two attached hydrogens (primary N) is 1. The minimum atomic E-state index is -1.12. The summed E-state index contributed by atoms with van der Waals surface area (Å²) < 4.78 is 12.2. The van der Waals surface area contributed by atoms with E-state index >= 15 is 0 Å². The van der Waals surface area contributed by atoms with Gasteiger partial charge < -0.3 is 66.9 Å². The molecular weight excluding hydrogens is 1240 g/mol. The molecule has 2 aliphatic heterocycles. The number of carboxylic acid groups (broad SMARTS) is 1. The van der Waals surface area contributed by atoms with E-state index in [9.17, 15) is 57.8 Å². The highest BCUT2D eigenvalue weighted by Gasteiger charge is 2.44. The Bertz CT molecular complexity index is 2860. The lowest BCUT2D eigenvalue weighted by molar-refractivity contribution is -0.148. The van der Waals surface area contributed by atoms with Crippen LogP contribution in [0, 0.1) is 35.5 Å². The molecule has 2 aromatic rings. The molecule has 0 bridgehead atoms. The van der Waals surface area contributed by atoms with Gasteiger partial charge in [-0.2, -0.15) is 0 Å². The van der Waals surface area contributed by atoms with Gasteiger partial charge in [0.15, 0.2) is 0 Å². The van der Waals surface area contributed by atoms with Gasteiger partial charge in [-0.25, -0.2) is 10.3 Å². The van der Waals surface area contributed by atoms with E-state index in [2.05, 4.69) is 37.4 Å². The van der Waals surface area contributed by atoms with Crippen molar-refractivity contribution in [3.63, 3.8) is 0 Å². The number of carboxylic acids is 1. The molecule has 27 heteroatoms. The highest BCUT2D eigenvalue weighted by molar-refractivity contribution is 5.98. The highest BCUT2D eigenvalue weighted by Crippen LogP contribution is 2.30. The molecule has 0 radical (unpaired) electrons. The molecule has 10 N–H and O–H groups in total. The molecule has 0 aromatic heterocycles. The predicted molar refractivity (Wildman–Crippen MR) is 362 cm³/mol. The van der Waals surface area contributed by atoms with Gasteiger partial charge in [0.1, 0.15) is 24.2 Å². The smallest absolute Gasteiger partial charge is 0.312 e. The first-order valence-corrected chi connectivity index (χ1v) is 33.8. The molecule has 27 nitrogen and oxygen atoms in total. The molecule has 2 aromatic carbocycles. The van der Waals surface area contributed by atoms with Crippen molar-refractivity contribution in [2.75, 3.05) is 66.9 Å². The van der Waals surface area contributed by atoms with Crippen LogP contribution in [0.5, 0.6) is 0 Å². The second-order valence-electron chi connectivity index (χ2n) is 26.8. The maximum absolute atomic E-state index is 14.6. The van der Waals surface area contributed by atoms with E-state index in [-0.39, 0.29) is 99.5 Å². The summed E-state index contributed by atoms with van der Waals surface area (Å²) in [6, 6.07) is 9.21. The van der Waals surface area contributed by atoms with Crippen LogP contribution in [0.3, 0.4) is 0 Å². The lowest BCUT2D eigenvalue weighted by Crippen LogP contribution is -2.59. The van der Waals surface area contributed by atoms with Crippen LogP contribution in [0.2, 0.25) is 0 Å². The fourth-order valence-corrected chi connectivity index (χ4v) is 12.7. The number of hydrogen-bond donors (Lipinski definition) is 9. The number of likely N-dealkylation sites (N-methyl/N-ethyl adjacent to an activating group) is 2. The summed E-state index contributed by atoms with van der Waals surface area (Å²) in [5, 5.41) is 26.0. The zero-order valence-electron chi connectivity index (χ0n) is 58.9. The summed E-state index contributed by atoms with van der Waals surface area (Å²) in [5.41, 5.74) is 9.42. The Balaban J connectivity index is 1.40. The third-order valence-electron chi connectivity index (χ3n) is 18.4. The number of urea groups is 1. The molecule has 11 atom stereocenters. The van der Waals surface area contributed by atoms with Crippen molar-refractivity contribution in [3.8, 4) is 0 Å². The number of benzene rings is 2. The van der Waals surface area contributed by atoms with E-state index in [1.165, 1.54) is 14.2 Å². The number of rotatable bonds is 39. The second kappa shape index (κ2) is 40.1. The number of amides is 11. The standard InChI is InChI=1S/C69H110N12O15/c1-15-44(8)60(79(12)67(90)58(42(4)5)76-66(89)59(43(6)7)78(10)11)53(94-13)39-56(84)81-35-21-25-52(81)61(95-14)45(9)62(85)74-51(38-46-22-17-16-18-23-46)64(87)77-96-40-47-28-30-49(31-29-47)72-63(86)50(24-20-34-71-69(70)93)73-65(88)57(41(2)3)75-54(82)26-19-27-55(83)80-36-32-48(33-37-80)68(91)92/h16-18,22-23,28-31,41-45,48,50-53,57-61H,15,19-21,24-27,32-40H2,1-14H3,(H,72,86)(H,73,88)(H,74,85)(H,75,82)(H,76,89)(H,77,87)(H,91,92)(H3,70,71,93)/t44-,45+,50+,51-,52-,53+,57+,58-,59-,60-,61+/m0/s1. The molecule has 536 valence electrons. The second-order valence-corrected chi connectivity index (χ2v) is 26.8. The van der Waals surface area contributed by atoms with Crippen molar-refractivity contribution in [3.05, 3.63) is 65.7 Å². The normalized spacial score (nSPS) is 17.4. The summed E-state index contributed by atoms with van der Waals surface area (Å²) in [7, 11) is 8.36. The number of nitrogens with zero attached hydrogens (tertiary/aromatic N) is 4. The van der Waals surface area contributed by atoms with Crippen LogP contribution in [-0.4, -0.2) is 206 Å². The number of carbonyl (C=O) groups excluding carboxylic acids is 10. The number of hydroxylamine groups is 1. The number of methoxy groups -OCH3 is 2. The van der Waals surface area contributed by atoms with Gasteiger partial charge in [-0.15, -0.1) is 0 Å². The van der Waals surface area contributed by atoms with Gasteiger partial charge in [-0.05, 0) is 106 Å². The number of carbonyl (C=O) groups is 11. The van der Waals surface area contributed by atoms with Crippen molar-refractivity contribution in [2.45, 2.75) is 200 Å². The summed E-state index contributed by atoms with van der Waals surface area (Å²) in [6.07, 6.45) is 1.64. The third kappa shape index (κ3) is 24.7. The predicted octanol–water partition coefficient (Wildman–Crippen LogP) is 4.12. The number of anilines is 1. The van der Waals surface area contributed by atoms with Crippen molar-refractivity contribution < 1.29 is 72.2 Å². The number of aliphatic carboxylic acids is 1. The zero-order valence-corrected chi connectivity index (χ0v) is 58.9. The first-order chi connectivity index (χ1) is 45.4. The van der Waals surface area contributed by atoms with Crippen LogP contribution < -0.4 is 43.1 Å². The van der Waals surface area contributed by atoms with E-state index in [4.69, 9.17) is 20.0 Å². The minimum absolute atomic E-state index is 0.00920. The molecule has 0 unspecified atom stereocenters. The van der Waals surface area contributed by atoms with E-state index in [1.807, 2.05) is 90.9 Å². The number of hydrogen-bond acceptors (Lipinski definition) is 15. The number of ether oxygens (including phenoxy) is 2. The maximum Gasteiger partial charge on any atom is 0.312 e. The Labute approximate surface area is 566 Å². The largest absolute Gasteiger partial charge is 0.481 e. The van der Waals surface area contributed by atoms with Crippen LogP contribution in [-0.2, 0) is 75.3 Å². The SMILES string of the molecule is CC[C@H](C)[C@@H]([C@@H](CC(=O)N1CCC[C@H]1[C@H](OC)[C@@H](C)C(=O)N[C@@H](Cc1ccccc1)C(=O)NOCc1ccc(NC(=O)[C@@H](CCCNC(N)=O)NC(=O)[C@H](NC(=O)CCCC(=O)N2CCC(C(=O)O)CC2)C(C)C)cc1)OC)N(C)C(=O)[C@@H](NC(=O)[C@H](C(C)C)N(C)C)C(C)C. The van der Waals surface area contributed by atoms with Crippen LogP contribution in [0.15, 0.2) is 54.6 Å². The Morgan fingerprint density at radius 1 is 0.667 bits per heavy atom. The van der Waals surface area contributed by atoms with Crippen LogP contribution in [0.4, 0.5) is 10.5 Å². The number of piperidine rings is 1. The lowest BCUT2D eigenvalue weighted by atomic mass is 9.89. The van der Waals surface area contributed by atoms with Crippen LogP contribution in [0.25, 0.3) is 0 Å². The maximum atomic E-state index is 14.6. The average molecular weight is 1350 g/mol. The Kier molecular flexibility index (Phi) is 33.7. The van der Waals surface area contributed by atoms with E-state index < -0.39 is 114 Å². The van der Waals surface area contributed by atoms with Gasteiger partial charge in [-0.1, -0.05) is 111 Å². The topological polar surface area (TPSA) is 359 Å². The van der Waals surface area contributed by atoms with Gasteiger partial charge in [0.25, 0.3) is 5.91 Å². The van der Waals surface area contributed by atoms with Crippen molar-refractivity contribution in [1.29, 1.82) is 0 Å². The van der Waals surface area contributed by atoms with Crippen molar-refractivity contribution in [2.24, 2.45) is 41.2 Å². The monoisotopic (exact) mass is 1350 g/mol. The molecule has 2 heterocycles. The Morgan fingerprint density at radius 2 is 1.30 bits per heavy atom. The van der Waals surface area contributed by atoms with Crippen LogP contribution >= 0.6 is 0 Å². The summed E-state index contributed by atoms with van der Waals surface area (Å²) in [6.45, 7) is 17.9. The highest BCUT2D eigenvalue weighted by atomic mass is 16.7. The average Bonchev–Trinajstić information content (AvgIpc) is 1.41. The first-order valence-electron chi connectivity index (χ1n) is 33.8. The number of primary amides is 1. The van der Waals surface area contributed by atoms with Gasteiger partial charge >= 0.3 is 12.0 Å². The number of nitrogens with one attached hydrogen (secondary N) is 7. The van der Waals surface area contributed by atoms with E-state index in [1.54, 1.807) is 66.8 Å². The van der Waals surface area contributed by atoms with Crippen molar-refractivity contribution in [1.82, 2.24) is 51.7 Å². The van der Waals surface area contributed by atoms with Crippen LogP contribution in [0.1, 0.15) is 144 Å².